The number of carbonyl (C=O) groups excluding carboxylic acids is 1. The molecule has 0 aromatic rings. The fraction of sp³-hybridized carbons (Fsp3) is 0.500. The van der Waals surface area contributed by atoms with Crippen LogP contribution in [0.2, 0.25) is 0 Å². The van der Waals surface area contributed by atoms with Crippen LogP contribution in [-0.4, -0.2) is 5.78 Å². The van der Waals surface area contributed by atoms with Crippen LogP contribution in [0, 0.1) is 0 Å². The van der Waals surface area contributed by atoms with Crippen molar-refractivity contribution in [2.24, 2.45) is 0 Å². The highest BCUT2D eigenvalue weighted by molar-refractivity contribution is 5.94. The summed E-state index contributed by atoms with van der Waals surface area (Å²) < 4.78 is 0. The third-order valence-corrected chi connectivity index (χ3v) is 2.13. The predicted molar refractivity (Wildman–Crippen MR) is 46.4 cm³/mol. The second-order valence-electron chi connectivity index (χ2n) is 2.87. The Morgan fingerprint density at radius 3 is 2.55 bits per heavy atom. The van der Waals surface area contributed by atoms with E-state index in [4.69, 9.17) is 0 Å². The highest BCUT2D eigenvalue weighted by atomic mass is 16.1. The van der Waals surface area contributed by atoms with Gasteiger partial charge in [0.2, 0.25) is 0 Å². The summed E-state index contributed by atoms with van der Waals surface area (Å²) in [5.41, 5.74) is 2.36. The maximum atomic E-state index is 11.1. The Morgan fingerprint density at radius 1 is 1.45 bits per heavy atom. The van der Waals surface area contributed by atoms with Crippen LogP contribution in [-0.2, 0) is 4.79 Å². The van der Waals surface area contributed by atoms with Crippen LogP contribution < -0.4 is 0 Å². The first-order valence-corrected chi connectivity index (χ1v) is 4.12. The molecule has 1 aliphatic carbocycles. The van der Waals surface area contributed by atoms with Gasteiger partial charge in [0.15, 0.2) is 5.78 Å². The lowest BCUT2D eigenvalue weighted by Crippen LogP contribution is -2.03. The minimum atomic E-state index is 0.242. The third kappa shape index (κ3) is 1.79. The molecule has 11 heavy (non-hydrogen) atoms. The average molecular weight is 150 g/mol. The minimum absolute atomic E-state index is 0.242. The lowest BCUT2D eigenvalue weighted by Gasteiger charge is -2.12. The first kappa shape index (κ1) is 8.25. The van der Waals surface area contributed by atoms with Crippen molar-refractivity contribution in [2.45, 2.75) is 33.1 Å². The van der Waals surface area contributed by atoms with E-state index in [-0.39, 0.29) is 5.78 Å². The van der Waals surface area contributed by atoms with Gasteiger partial charge >= 0.3 is 0 Å². The van der Waals surface area contributed by atoms with Crippen LogP contribution in [0.1, 0.15) is 33.1 Å². The Balaban J connectivity index is 2.84. The van der Waals surface area contributed by atoms with Gasteiger partial charge in [-0.3, -0.25) is 4.79 Å². The van der Waals surface area contributed by atoms with Gasteiger partial charge in [0.1, 0.15) is 0 Å². The van der Waals surface area contributed by atoms with Gasteiger partial charge < -0.3 is 0 Å². The van der Waals surface area contributed by atoms with Crippen molar-refractivity contribution in [3.63, 3.8) is 0 Å². The smallest absolute Gasteiger partial charge is 0.156 e. The standard InChI is InChI=1S/C10H14O/c1-3-9-6-4-5-7-10(9)8(2)11/h4-5H,3,6-7H2,1-2H3. The van der Waals surface area contributed by atoms with E-state index in [1.54, 1.807) is 6.92 Å². The fourth-order valence-electron chi connectivity index (χ4n) is 1.44. The van der Waals surface area contributed by atoms with Gasteiger partial charge in [0, 0.05) is 0 Å². The molecule has 0 aliphatic heterocycles. The summed E-state index contributed by atoms with van der Waals surface area (Å²) in [4.78, 5) is 11.1. The molecule has 60 valence electrons. The van der Waals surface area contributed by atoms with Crippen molar-refractivity contribution in [3.05, 3.63) is 23.3 Å². The summed E-state index contributed by atoms with van der Waals surface area (Å²) in [7, 11) is 0. The zero-order chi connectivity index (χ0) is 8.27. The van der Waals surface area contributed by atoms with Crippen molar-refractivity contribution >= 4 is 5.78 Å². The Morgan fingerprint density at radius 2 is 2.09 bits per heavy atom. The number of allylic oxidation sites excluding steroid dienone is 4. The molecule has 0 radical (unpaired) electrons. The summed E-state index contributed by atoms with van der Waals surface area (Å²) in [6, 6.07) is 0. The molecule has 0 spiro atoms. The number of hydrogen-bond acceptors (Lipinski definition) is 1. The van der Waals surface area contributed by atoms with E-state index in [0.717, 1.165) is 24.8 Å². The van der Waals surface area contributed by atoms with Crippen LogP contribution in [0.3, 0.4) is 0 Å². The summed E-state index contributed by atoms with van der Waals surface area (Å²) in [5.74, 6) is 0.242. The third-order valence-electron chi connectivity index (χ3n) is 2.13. The lowest BCUT2D eigenvalue weighted by atomic mass is 9.93. The van der Waals surface area contributed by atoms with Gasteiger partial charge in [-0.05, 0) is 31.8 Å². The molecule has 0 bridgehead atoms. The molecule has 0 saturated carbocycles. The Hall–Kier alpha value is -0.850. The zero-order valence-electron chi connectivity index (χ0n) is 7.18. The van der Waals surface area contributed by atoms with Crippen molar-refractivity contribution in [1.82, 2.24) is 0 Å². The van der Waals surface area contributed by atoms with Crippen LogP contribution in [0.5, 0.6) is 0 Å². The molecule has 1 aliphatic rings. The quantitative estimate of drug-likeness (QED) is 0.553. The Kier molecular flexibility index (Phi) is 2.64. The molecule has 0 unspecified atom stereocenters. The fourth-order valence-corrected chi connectivity index (χ4v) is 1.44. The maximum absolute atomic E-state index is 11.1. The molecule has 0 amide bonds. The molecule has 0 aromatic heterocycles. The topological polar surface area (TPSA) is 17.1 Å². The molecule has 0 saturated heterocycles. The summed E-state index contributed by atoms with van der Waals surface area (Å²) in [5, 5.41) is 0. The Labute approximate surface area is 67.8 Å². The molecular weight excluding hydrogens is 136 g/mol. The van der Waals surface area contributed by atoms with Gasteiger partial charge in [-0.15, -0.1) is 0 Å². The van der Waals surface area contributed by atoms with Crippen LogP contribution in [0.4, 0.5) is 0 Å². The van der Waals surface area contributed by atoms with Gasteiger partial charge in [0.05, 0.1) is 0 Å². The molecule has 1 rings (SSSR count). The van der Waals surface area contributed by atoms with E-state index in [0.29, 0.717) is 0 Å². The van der Waals surface area contributed by atoms with Crippen molar-refractivity contribution in [2.75, 3.05) is 0 Å². The largest absolute Gasteiger partial charge is 0.295 e. The number of Topliss-reactive ketones (excluding diaryl/α,β-unsaturated/α-hetero) is 1. The molecule has 1 nitrogen and oxygen atoms in total. The van der Waals surface area contributed by atoms with Gasteiger partial charge in [0.25, 0.3) is 0 Å². The molecule has 0 aromatic carbocycles. The first-order valence-electron chi connectivity index (χ1n) is 4.12. The molecule has 0 fully saturated rings. The molecule has 0 N–H and O–H groups in total. The zero-order valence-corrected chi connectivity index (χ0v) is 7.18. The van der Waals surface area contributed by atoms with Crippen molar-refractivity contribution in [1.29, 1.82) is 0 Å². The average Bonchev–Trinajstić information content (AvgIpc) is 2.04. The second kappa shape index (κ2) is 3.51. The number of hydrogen-bond donors (Lipinski definition) is 0. The van der Waals surface area contributed by atoms with E-state index < -0.39 is 0 Å². The van der Waals surface area contributed by atoms with E-state index >= 15 is 0 Å². The molecule has 1 heteroatoms. The summed E-state index contributed by atoms with van der Waals surface area (Å²) in [6.45, 7) is 3.77. The SMILES string of the molecule is CCC1=C(C(C)=O)CC=CC1. The van der Waals surface area contributed by atoms with E-state index in [2.05, 4.69) is 19.1 Å². The van der Waals surface area contributed by atoms with Gasteiger partial charge in [-0.25, -0.2) is 0 Å². The highest BCUT2D eigenvalue weighted by Gasteiger charge is 2.10. The van der Waals surface area contributed by atoms with Crippen LogP contribution in [0.25, 0.3) is 0 Å². The van der Waals surface area contributed by atoms with Crippen molar-refractivity contribution in [3.8, 4) is 0 Å². The predicted octanol–water partition coefficient (Wildman–Crippen LogP) is 2.63. The van der Waals surface area contributed by atoms with E-state index in [1.165, 1.54) is 5.57 Å². The van der Waals surface area contributed by atoms with Crippen molar-refractivity contribution < 1.29 is 4.79 Å². The van der Waals surface area contributed by atoms with E-state index in [1.807, 2.05) is 0 Å². The number of rotatable bonds is 2. The summed E-state index contributed by atoms with van der Waals surface area (Å²) >= 11 is 0. The van der Waals surface area contributed by atoms with Gasteiger partial charge in [-0.1, -0.05) is 24.6 Å². The normalized spacial score (nSPS) is 17.3. The summed E-state index contributed by atoms with van der Waals surface area (Å²) in [6.07, 6.45) is 7.06. The lowest BCUT2D eigenvalue weighted by molar-refractivity contribution is -0.113. The van der Waals surface area contributed by atoms with Gasteiger partial charge in [-0.2, -0.15) is 0 Å². The second-order valence-corrected chi connectivity index (χ2v) is 2.87. The first-order chi connectivity index (χ1) is 5.25. The van der Waals surface area contributed by atoms with Crippen LogP contribution in [0.15, 0.2) is 23.3 Å². The monoisotopic (exact) mass is 150 g/mol. The number of carbonyl (C=O) groups is 1. The molecular formula is C10H14O. The Bertz CT molecular complexity index is 221. The number of ketones is 1. The van der Waals surface area contributed by atoms with E-state index in [9.17, 15) is 4.79 Å². The highest BCUT2D eigenvalue weighted by Crippen LogP contribution is 2.22. The minimum Gasteiger partial charge on any atom is -0.295 e. The maximum Gasteiger partial charge on any atom is 0.156 e. The molecule has 0 heterocycles. The van der Waals surface area contributed by atoms with Crippen LogP contribution >= 0.6 is 0 Å². The molecule has 0 atom stereocenters.